The Balaban J connectivity index is 1.55. The molecule has 3 aromatic carbocycles. The number of carbonyl (C=O) groups is 2. The normalized spacial score (nSPS) is 10.6. The minimum atomic E-state index is -0.842. The van der Waals surface area contributed by atoms with Crippen LogP contribution in [0.2, 0.25) is 0 Å². The van der Waals surface area contributed by atoms with E-state index in [4.69, 9.17) is 4.74 Å². The van der Waals surface area contributed by atoms with Crippen molar-refractivity contribution in [2.75, 3.05) is 0 Å². The highest BCUT2D eigenvalue weighted by Gasteiger charge is 2.12. The SMILES string of the molecule is Cc1ccc(CNC(=O)C(=O)N/N=C\c2cc(Br)ccc2OCc2ccccc2)cc1. The zero-order chi connectivity index (χ0) is 22.1. The van der Waals surface area contributed by atoms with Gasteiger partial charge in [-0.15, -0.1) is 0 Å². The Hall–Kier alpha value is -3.45. The number of aryl methyl sites for hydroxylation is 1. The number of nitrogens with one attached hydrogen (secondary N) is 2. The molecule has 7 heteroatoms. The maximum absolute atomic E-state index is 12.0. The van der Waals surface area contributed by atoms with Crippen LogP contribution in [0, 0.1) is 6.92 Å². The van der Waals surface area contributed by atoms with Crippen molar-refractivity contribution in [3.63, 3.8) is 0 Å². The van der Waals surface area contributed by atoms with E-state index in [1.807, 2.05) is 79.7 Å². The summed E-state index contributed by atoms with van der Waals surface area (Å²) in [6.07, 6.45) is 1.44. The van der Waals surface area contributed by atoms with E-state index in [1.54, 1.807) is 0 Å². The lowest BCUT2D eigenvalue weighted by Crippen LogP contribution is -2.37. The summed E-state index contributed by atoms with van der Waals surface area (Å²) in [4.78, 5) is 24.0. The standard InChI is InChI=1S/C24H22BrN3O3/c1-17-7-9-18(10-8-17)14-26-23(29)24(30)28-27-15-20-13-21(25)11-12-22(20)31-16-19-5-3-2-4-6-19/h2-13,15H,14,16H2,1H3,(H,26,29)(H,28,30)/b27-15-. The number of hydrogen-bond donors (Lipinski definition) is 2. The Bertz CT molecular complexity index is 1070. The maximum atomic E-state index is 12.0. The largest absolute Gasteiger partial charge is 0.488 e. The zero-order valence-electron chi connectivity index (χ0n) is 17.0. The molecule has 158 valence electrons. The third kappa shape index (κ3) is 7.08. The fraction of sp³-hybridized carbons (Fsp3) is 0.125. The molecule has 0 bridgehead atoms. The molecule has 0 radical (unpaired) electrons. The summed E-state index contributed by atoms with van der Waals surface area (Å²) < 4.78 is 6.71. The number of benzene rings is 3. The highest BCUT2D eigenvalue weighted by Crippen LogP contribution is 2.22. The fourth-order valence-electron chi connectivity index (χ4n) is 2.67. The van der Waals surface area contributed by atoms with Gasteiger partial charge in [0.2, 0.25) is 0 Å². The van der Waals surface area contributed by atoms with E-state index in [-0.39, 0.29) is 6.54 Å². The van der Waals surface area contributed by atoms with E-state index in [2.05, 4.69) is 31.8 Å². The van der Waals surface area contributed by atoms with Gasteiger partial charge in [-0.25, -0.2) is 5.43 Å². The number of ether oxygens (including phenoxy) is 1. The van der Waals surface area contributed by atoms with Crippen LogP contribution in [-0.2, 0) is 22.7 Å². The Kier molecular flexibility index (Phi) is 7.95. The van der Waals surface area contributed by atoms with E-state index >= 15 is 0 Å². The highest BCUT2D eigenvalue weighted by molar-refractivity contribution is 9.10. The first kappa shape index (κ1) is 22.2. The predicted molar refractivity (Wildman–Crippen MR) is 124 cm³/mol. The molecule has 2 amide bonds. The smallest absolute Gasteiger partial charge is 0.329 e. The van der Waals surface area contributed by atoms with Crippen LogP contribution >= 0.6 is 15.9 Å². The second-order valence-electron chi connectivity index (χ2n) is 6.82. The third-order valence-corrected chi connectivity index (χ3v) is 4.85. The van der Waals surface area contributed by atoms with Gasteiger partial charge in [0.05, 0.1) is 6.21 Å². The van der Waals surface area contributed by atoms with E-state index in [0.717, 1.165) is 21.2 Å². The molecule has 0 fully saturated rings. The minimum Gasteiger partial charge on any atom is -0.488 e. The molecular weight excluding hydrogens is 458 g/mol. The molecule has 0 aliphatic heterocycles. The summed E-state index contributed by atoms with van der Waals surface area (Å²) in [6.45, 7) is 2.65. The van der Waals surface area contributed by atoms with Crippen LogP contribution in [0.25, 0.3) is 0 Å². The molecule has 0 saturated heterocycles. The number of amides is 2. The van der Waals surface area contributed by atoms with Crippen molar-refractivity contribution >= 4 is 34.0 Å². The van der Waals surface area contributed by atoms with Gasteiger partial charge in [0.1, 0.15) is 12.4 Å². The number of carbonyl (C=O) groups excluding carboxylic acids is 2. The second-order valence-corrected chi connectivity index (χ2v) is 7.74. The molecule has 6 nitrogen and oxygen atoms in total. The Morgan fingerprint density at radius 3 is 2.45 bits per heavy atom. The van der Waals surface area contributed by atoms with Crippen molar-refractivity contribution in [1.82, 2.24) is 10.7 Å². The quantitative estimate of drug-likeness (QED) is 0.304. The molecule has 0 aromatic heterocycles. The molecule has 0 aliphatic rings. The summed E-state index contributed by atoms with van der Waals surface area (Å²) in [5.41, 5.74) is 5.97. The topological polar surface area (TPSA) is 79.8 Å². The van der Waals surface area contributed by atoms with Crippen molar-refractivity contribution in [1.29, 1.82) is 0 Å². The number of halogens is 1. The van der Waals surface area contributed by atoms with Crippen molar-refractivity contribution in [2.45, 2.75) is 20.1 Å². The summed E-state index contributed by atoms with van der Waals surface area (Å²) in [6, 6.07) is 23.0. The van der Waals surface area contributed by atoms with Gasteiger partial charge in [0.15, 0.2) is 0 Å². The van der Waals surface area contributed by atoms with Gasteiger partial charge < -0.3 is 10.1 Å². The molecule has 0 spiro atoms. The molecule has 0 saturated carbocycles. The van der Waals surface area contributed by atoms with Gasteiger partial charge >= 0.3 is 11.8 Å². The average Bonchev–Trinajstić information content (AvgIpc) is 2.78. The molecule has 0 unspecified atom stereocenters. The summed E-state index contributed by atoms with van der Waals surface area (Å²) in [7, 11) is 0. The van der Waals surface area contributed by atoms with E-state index < -0.39 is 11.8 Å². The molecular formula is C24H22BrN3O3. The Morgan fingerprint density at radius 2 is 1.71 bits per heavy atom. The molecule has 0 aliphatic carbocycles. The van der Waals surface area contributed by atoms with E-state index in [1.165, 1.54) is 6.21 Å². The lowest BCUT2D eigenvalue weighted by Gasteiger charge is -2.09. The van der Waals surface area contributed by atoms with Crippen molar-refractivity contribution in [3.05, 3.63) is 99.5 Å². The Morgan fingerprint density at radius 1 is 0.968 bits per heavy atom. The number of nitrogens with zero attached hydrogens (tertiary/aromatic N) is 1. The van der Waals surface area contributed by atoms with Crippen molar-refractivity contribution in [2.24, 2.45) is 5.10 Å². The van der Waals surface area contributed by atoms with Crippen LogP contribution in [0.1, 0.15) is 22.3 Å². The lowest BCUT2D eigenvalue weighted by atomic mass is 10.1. The first-order valence-corrected chi connectivity index (χ1v) is 10.4. The first-order valence-electron chi connectivity index (χ1n) is 9.64. The third-order valence-electron chi connectivity index (χ3n) is 4.36. The molecule has 3 rings (SSSR count). The maximum Gasteiger partial charge on any atom is 0.329 e. The van der Waals surface area contributed by atoms with E-state index in [9.17, 15) is 9.59 Å². The number of rotatable bonds is 7. The molecule has 0 atom stereocenters. The summed E-state index contributed by atoms with van der Waals surface area (Å²) >= 11 is 3.41. The molecule has 2 N–H and O–H groups in total. The van der Waals surface area contributed by atoms with E-state index in [0.29, 0.717) is 17.9 Å². The highest BCUT2D eigenvalue weighted by atomic mass is 79.9. The molecule has 3 aromatic rings. The van der Waals surface area contributed by atoms with Crippen LogP contribution in [0.5, 0.6) is 5.75 Å². The van der Waals surface area contributed by atoms with Crippen LogP contribution in [-0.4, -0.2) is 18.0 Å². The fourth-order valence-corrected chi connectivity index (χ4v) is 3.05. The van der Waals surface area contributed by atoms with Gasteiger partial charge in [-0.1, -0.05) is 76.1 Å². The number of hydrazone groups is 1. The Labute approximate surface area is 189 Å². The van der Waals surface area contributed by atoms with Gasteiger partial charge in [-0.05, 0) is 36.2 Å². The van der Waals surface area contributed by atoms with Crippen molar-refractivity contribution in [3.8, 4) is 5.75 Å². The first-order chi connectivity index (χ1) is 15.0. The monoisotopic (exact) mass is 479 g/mol. The zero-order valence-corrected chi connectivity index (χ0v) is 18.6. The predicted octanol–water partition coefficient (Wildman–Crippen LogP) is 4.10. The second kappa shape index (κ2) is 11.1. The van der Waals surface area contributed by atoms with Gasteiger partial charge in [0.25, 0.3) is 0 Å². The number of hydrogen-bond acceptors (Lipinski definition) is 4. The van der Waals surface area contributed by atoms with Crippen LogP contribution in [0.4, 0.5) is 0 Å². The van der Waals surface area contributed by atoms with Crippen LogP contribution < -0.4 is 15.5 Å². The molecule has 0 heterocycles. The van der Waals surface area contributed by atoms with Gasteiger partial charge in [0, 0.05) is 16.6 Å². The summed E-state index contributed by atoms with van der Waals surface area (Å²) in [5, 5.41) is 6.47. The molecule has 31 heavy (non-hydrogen) atoms. The average molecular weight is 480 g/mol. The van der Waals surface area contributed by atoms with Gasteiger partial charge in [-0.3, -0.25) is 9.59 Å². The van der Waals surface area contributed by atoms with Gasteiger partial charge in [-0.2, -0.15) is 5.10 Å². The lowest BCUT2D eigenvalue weighted by molar-refractivity contribution is -0.139. The minimum absolute atomic E-state index is 0.263. The summed E-state index contributed by atoms with van der Waals surface area (Å²) in [5.74, 6) is -0.994. The van der Waals surface area contributed by atoms with Crippen molar-refractivity contribution < 1.29 is 14.3 Å². The van der Waals surface area contributed by atoms with Crippen LogP contribution in [0.3, 0.4) is 0 Å². The van der Waals surface area contributed by atoms with Crippen LogP contribution in [0.15, 0.2) is 82.4 Å².